The predicted molar refractivity (Wildman–Crippen MR) is 130 cm³/mol. The molecule has 2 saturated heterocycles. The second kappa shape index (κ2) is 9.30. The van der Waals surface area contributed by atoms with Crippen LogP contribution in [0.15, 0.2) is 48.5 Å². The smallest absolute Gasteiger partial charge is 0.410 e. The first-order valence-corrected chi connectivity index (χ1v) is 13.5. The molecule has 2 bridgehead atoms. The van der Waals surface area contributed by atoms with Crippen LogP contribution in [0.5, 0.6) is 0 Å². The summed E-state index contributed by atoms with van der Waals surface area (Å²) in [5.41, 5.74) is 0.995. The van der Waals surface area contributed by atoms with Gasteiger partial charge in [0.2, 0.25) is 10.0 Å². The van der Waals surface area contributed by atoms with Crippen LogP contribution in [-0.2, 0) is 21.2 Å². The van der Waals surface area contributed by atoms with E-state index in [1.54, 1.807) is 50.8 Å². The minimum absolute atomic E-state index is 0.0346. The van der Waals surface area contributed by atoms with Crippen molar-refractivity contribution < 1.29 is 22.3 Å². The fourth-order valence-corrected chi connectivity index (χ4v) is 5.93. The molecule has 184 valence electrons. The minimum atomic E-state index is -3.52. The molecule has 8 heteroatoms. The number of nitrogens with one attached hydrogen (secondary N) is 1. The standard InChI is InChI=1S/C26H33FN2O4S/c1-5-34(31,32)28-24-19-14-20(15-19)29(25(30)33-26(2,3)4)22(24)16-18-12-9-13-21(23(18)27)17-10-7-6-8-11-17/h6-13,19-20,22,24,28H,5,14-16H2,1-4H3/t19?,20?,22-,24-/m0/s1. The maximum absolute atomic E-state index is 15.7. The Bertz CT molecular complexity index is 1140. The molecule has 34 heavy (non-hydrogen) atoms. The molecule has 1 saturated carbocycles. The van der Waals surface area contributed by atoms with Crippen LogP contribution in [0.3, 0.4) is 0 Å². The van der Waals surface area contributed by atoms with Gasteiger partial charge in [0.15, 0.2) is 0 Å². The largest absolute Gasteiger partial charge is 0.444 e. The van der Waals surface area contributed by atoms with Crippen molar-refractivity contribution in [1.29, 1.82) is 0 Å². The zero-order valence-electron chi connectivity index (χ0n) is 20.1. The van der Waals surface area contributed by atoms with E-state index in [0.29, 0.717) is 24.0 Å². The minimum Gasteiger partial charge on any atom is -0.444 e. The van der Waals surface area contributed by atoms with E-state index in [0.717, 1.165) is 5.56 Å². The molecule has 2 aromatic rings. The van der Waals surface area contributed by atoms with Gasteiger partial charge in [0.25, 0.3) is 0 Å². The molecular weight excluding hydrogens is 455 g/mol. The molecular formula is C26H33FN2O4S. The molecule has 1 N–H and O–H groups in total. The number of ether oxygens (including phenoxy) is 1. The highest BCUT2D eigenvalue weighted by Gasteiger charge is 2.54. The summed E-state index contributed by atoms with van der Waals surface area (Å²) < 4.78 is 49.2. The molecule has 0 aromatic heterocycles. The second-order valence-corrected chi connectivity index (χ2v) is 12.3. The normalized spacial score (nSPS) is 24.4. The van der Waals surface area contributed by atoms with E-state index in [9.17, 15) is 13.2 Å². The average Bonchev–Trinajstić information content (AvgIpc) is 2.74. The van der Waals surface area contributed by atoms with E-state index in [1.807, 2.05) is 30.3 Å². The fourth-order valence-electron chi connectivity index (χ4n) is 5.00. The van der Waals surface area contributed by atoms with Gasteiger partial charge in [0, 0.05) is 17.6 Å². The molecule has 6 nitrogen and oxygen atoms in total. The molecule has 2 atom stereocenters. The number of hydrogen-bond acceptors (Lipinski definition) is 4. The Morgan fingerprint density at radius 1 is 1.12 bits per heavy atom. The lowest BCUT2D eigenvalue weighted by Crippen LogP contribution is -2.70. The lowest BCUT2D eigenvalue weighted by Gasteiger charge is -2.57. The first-order chi connectivity index (χ1) is 16.0. The number of carbonyl (C=O) groups is 1. The van der Waals surface area contributed by atoms with Crippen LogP contribution in [0.2, 0.25) is 0 Å². The zero-order chi connectivity index (χ0) is 24.7. The number of piperidine rings is 2. The summed E-state index contributed by atoms with van der Waals surface area (Å²) in [6.45, 7) is 6.98. The summed E-state index contributed by atoms with van der Waals surface area (Å²) in [4.78, 5) is 14.9. The maximum atomic E-state index is 15.7. The van der Waals surface area contributed by atoms with Crippen molar-refractivity contribution in [3.05, 3.63) is 59.9 Å². The van der Waals surface area contributed by atoms with Crippen molar-refractivity contribution in [2.45, 2.75) is 70.7 Å². The van der Waals surface area contributed by atoms with Gasteiger partial charge in [-0.3, -0.25) is 0 Å². The van der Waals surface area contributed by atoms with E-state index in [4.69, 9.17) is 4.74 Å². The highest BCUT2D eigenvalue weighted by molar-refractivity contribution is 7.89. The van der Waals surface area contributed by atoms with Crippen molar-refractivity contribution in [3.8, 4) is 11.1 Å². The molecule has 2 aromatic carbocycles. The highest BCUT2D eigenvalue weighted by Crippen LogP contribution is 2.45. The number of rotatable bonds is 6. The summed E-state index contributed by atoms with van der Waals surface area (Å²) in [5.74, 6) is -0.305. The number of hydrogen-bond donors (Lipinski definition) is 1. The van der Waals surface area contributed by atoms with Crippen LogP contribution in [0.1, 0.15) is 46.1 Å². The van der Waals surface area contributed by atoms with E-state index in [-0.39, 0.29) is 30.0 Å². The summed E-state index contributed by atoms with van der Waals surface area (Å²) in [5, 5.41) is 0. The lowest BCUT2D eigenvalue weighted by atomic mass is 9.67. The van der Waals surface area contributed by atoms with E-state index in [2.05, 4.69) is 4.72 Å². The van der Waals surface area contributed by atoms with E-state index >= 15 is 4.39 Å². The van der Waals surface area contributed by atoms with E-state index in [1.165, 1.54) is 0 Å². The van der Waals surface area contributed by atoms with Gasteiger partial charge in [-0.05, 0) is 64.0 Å². The predicted octanol–water partition coefficient (Wildman–Crippen LogP) is 4.74. The fraction of sp³-hybridized carbons (Fsp3) is 0.500. The highest BCUT2D eigenvalue weighted by atomic mass is 32.2. The molecule has 3 fully saturated rings. The molecule has 0 unspecified atom stereocenters. The maximum Gasteiger partial charge on any atom is 0.410 e. The quantitative estimate of drug-likeness (QED) is 0.637. The third-order valence-electron chi connectivity index (χ3n) is 6.72. The Kier molecular flexibility index (Phi) is 6.75. The van der Waals surface area contributed by atoms with Crippen LogP contribution in [0.25, 0.3) is 11.1 Å². The van der Waals surface area contributed by atoms with Crippen LogP contribution < -0.4 is 4.72 Å². The van der Waals surface area contributed by atoms with Crippen LogP contribution in [0, 0.1) is 11.7 Å². The monoisotopic (exact) mass is 488 g/mol. The molecule has 2 heterocycles. The van der Waals surface area contributed by atoms with Gasteiger partial charge in [0.1, 0.15) is 11.4 Å². The molecule has 0 radical (unpaired) electrons. The molecule has 3 aliphatic rings. The summed E-state index contributed by atoms with van der Waals surface area (Å²) in [6.07, 6.45) is 1.12. The third kappa shape index (κ3) is 5.13. The van der Waals surface area contributed by atoms with Crippen molar-refractivity contribution >= 4 is 16.1 Å². The Morgan fingerprint density at radius 3 is 2.41 bits per heavy atom. The lowest BCUT2D eigenvalue weighted by molar-refractivity contribution is -0.0652. The number of benzene rings is 2. The number of carbonyl (C=O) groups excluding carboxylic acids is 1. The molecule has 1 amide bonds. The summed E-state index contributed by atoms with van der Waals surface area (Å²) in [6, 6.07) is 13.5. The zero-order valence-corrected chi connectivity index (χ0v) is 20.9. The SMILES string of the molecule is CCS(=O)(=O)N[C@H]1C2CC(C2)N(C(=O)OC(C)(C)C)[C@H]1Cc1cccc(-c2ccccc2)c1F. The number of sulfonamides is 1. The van der Waals surface area contributed by atoms with Gasteiger partial charge < -0.3 is 9.64 Å². The van der Waals surface area contributed by atoms with Gasteiger partial charge in [-0.1, -0.05) is 48.5 Å². The van der Waals surface area contributed by atoms with Crippen LogP contribution >= 0.6 is 0 Å². The van der Waals surface area contributed by atoms with Gasteiger partial charge in [0.05, 0.1) is 11.8 Å². The van der Waals surface area contributed by atoms with Crippen LogP contribution in [0.4, 0.5) is 9.18 Å². The topological polar surface area (TPSA) is 75.7 Å². The Labute approximate surface area is 201 Å². The van der Waals surface area contributed by atoms with Gasteiger partial charge >= 0.3 is 6.09 Å². The Balaban J connectivity index is 1.71. The number of halogens is 1. The molecule has 5 rings (SSSR count). The second-order valence-electron chi connectivity index (χ2n) is 10.2. The van der Waals surface area contributed by atoms with Gasteiger partial charge in [-0.2, -0.15) is 0 Å². The third-order valence-corrected chi connectivity index (χ3v) is 8.11. The number of amides is 1. The Morgan fingerprint density at radius 2 is 1.79 bits per heavy atom. The average molecular weight is 489 g/mol. The van der Waals surface area contributed by atoms with Gasteiger partial charge in [-0.25, -0.2) is 22.3 Å². The van der Waals surface area contributed by atoms with Crippen LogP contribution in [-0.4, -0.2) is 48.9 Å². The van der Waals surface area contributed by atoms with Gasteiger partial charge in [-0.15, -0.1) is 0 Å². The van der Waals surface area contributed by atoms with Crippen molar-refractivity contribution in [3.63, 3.8) is 0 Å². The molecule has 2 aliphatic heterocycles. The number of nitrogens with zero attached hydrogens (tertiary/aromatic N) is 1. The Hall–Kier alpha value is -2.45. The molecule has 0 spiro atoms. The van der Waals surface area contributed by atoms with E-state index < -0.39 is 33.8 Å². The summed E-state index contributed by atoms with van der Waals surface area (Å²) in [7, 11) is -3.52. The molecule has 1 aliphatic carbocycles. The first-order valence-electron chi connectivity index (χ1n) is 11.8. The van der Waals surface area contributed by atoms with Crippen molar-refractivity contribution in [2.24, 2.45) is 5.92 Å². The first kappa shape index (κ1) is 24.7. The number of fused-ring (bicyclic) bond motifs is 2. The van der Waals surface area contributed by atoms with Crippen molar-refractivity contribution in [1.82, 2.24) is 9.62 Å². The summed E-state index contributed by atoms with van der Waals surface area (Å²) >= 11 is 0. The van der Waals surface area contributed by atoms with Crippen molar-refractivity contribution in [2.75, 3.05) is 5.75 Å².